The molecule has 1 N–H and O–H groups in total. The Bertz CT molecular complexity index is 808. The molecule has 0 radical (unpaired) electrons. The molecule has 1 aromatic carbocycles. The summed E-state index contributed by atoms with van der Waals surface area (Å²) >= 11 is 0. The van der Waals surface area contributed by atoms with Crippen LogP contribution in [0.25, 0.3) is 0 Å². The van der Waals surface area contributed by atoms with Crippen molar-refractivity contribution in [3.8, 4) is 5.75 Å². The maximum Gasteiger partial charge on any atom is 0.244 e. The first-order chi connectivity index (χ1) is 10.5. The average molecular weight is 322 g/mol. The molecule has 0 fully saturated rings. The zero-order valence-corrected chi connectivity index (χ0v) is 12.7. The molecule has 0 saturated carbocycles. The summed E-state index contributed by atoms with van der Waals surface area (Å²) in [5.41, 5.74) is 0.916. The van der Waals surface area contributed by atoms with Gasteiger partial charge in [0.05, 0.1) is 18.3 Å². The van der Waals surface area contributed by atoms with Gasteiger partial charge in [0.1, 0.15) is 16.5 Å². The van der Waals surface area contributed by atoms with Gasteiger partial charge in [-0.15, -0.1) is 0 Å². The van der Waals surface area contributed by atoms with E-state index in [1.165, 1.54) is 24.4 Å². The minimum absolute atomic E-state index is 0.0552. The van der Waals surface area contributed by atoms with E-state index >= 15 is 0 Å². The Labute approximate surface area is 128 Å². The van der Waals surface area contributed by atoms with Crippen LogP contribution in [0.15, 0.2) is 41.4 Å². The van der Waals surface area contributed by atoms with Crippen LogP contribution in [-0.4, -0.2) is 20.0 Å². The molecule has 0 amide bonds. The van der Waals surface area contributed by atoms with E-state index < -0.39 is 21.9 Å². The minimum Gasteiger partial charge on any atom is -0.492 e. The highest BCUT2D eigenvalue weighted by Crippen LogP contribution is 2.33. The monoisotopic (exact) mass is 322 g/mol. The summed E-state index contributed by atoms with van der Waals surface area (Å²) < 4.78 is 46.7. The first kappa shape index (κ1) is 14.9. The number of para-hydroxylation sites is 1. The number of fused-ring (bicyclic) bond motifs is 1. The fourth-order valence-corrected chi connectivity index (χ4v) is 3.86. The van der Waals surface area contributed by atoms with Gasteiger partial charge in [-0.1, -0.05) is 12.1 Å². The Morgan fingerprint density at radius 1 is 1.32 bits per heavy atom. The lowest BCUT2D eigenvalue weighted by Crippen LogP contribution is -2.28. The number of ether oxygens (including phenoxy) is 1. The SMILES string of the molecule is C[C@@H](NS(=O)(=O)c1cccc2c1OCC2)c1ncccc1F. The molecular weight excluding hydrogens is 307 g/mol. The molecule has 0 bridgehead atoms. The van der Waals surface area contributed by atoms with Gasteiger partial charge in [-0.3, -0.25) is 4.98 Å². The van der Waals surface area contributed by atoms with E-state index in [4.69, 9.17) is 4.74 Å². The number of rotatable bonds is 4. The van der Waals surface area contributed by atoms with Gasteiger partial charge in [0.25, 0.3) is 0 Å². The lowest BCUT2D eigenvalue weighted by molar-refractivity contribution is 0.348. The van der Waals surface area contributed by atoms with Crippen LogP contribution < -0.4 is 9.46 Å². The van der Waals surface area contributed by atoms with E-state index in [1.54, 1.807) is 13.0 Å². The Kier molecular flexibility index (Phi) is 3.84. The number of benzene rings is 1. The first-order valence-corrected chi connectivity index (χ1v) is 8.35. The Balaban J connectivity index is 1.92. The second-order valence-electron chi connectivity index (χ2n) is 5.06. The number of pyridine rings is 1. The van der Waals surface area contributed by atoms with Gasteiger partial charge >= 0.3 is 0 Å². The Hall–Kier alpha value is -1.99. The third kappa shape index (κ3) is 2.69. The molecule has 0 saturated heterocycles. The fourth-order valence-electron chi connectivity index (χ4n) is 2.47. The maximum absolute atomic E-state index is 13.7. The van der Waals surface area contributed by atoms with Crippen LogP contribution in [0.3, 0.4) is 0 Å². The molecule has 5 nitrogen and oxygen atoms in total. The molecule has 0 spiro atoms. The van der Waals surface area contributed by atoms with Crippen molar-refractivity contribution in [2.24, 2.45) is 0 Å². The zero-order valence-electron chi connectivity index (χ0n) is 11.9. The van der Waals surface area contributed by atoms with Crippen LogP contribution >= 0.6 is 0 Å². The molecule has 3 rings (SSSR count). The molecule has 2 heterocycles. The third-order valence-electron chi connectivity index (χ3n) is 3.50. The predicted octanol–water partition coefficient (Wildman–Crippen LogP) is 2.20. The molecular formula is C15H15FN2O3S. The topological polar surface area (TPSA) is 68.3 Å². The van der Waals surface area contributed by atoms with Gasteiger partial charge in [-0.05, 0) is 30.7 Å². The Morgan fingerprint density at radius 3 is 2.91 bits per heavy atom. The quantitative estimate of drug-likeness (QED) is 0.937. The van der Waals surface area contributed by atoms with E-state index in [2.05, 4.69) is 9.71 Å². The summed E-state index contributed by atoms with van der Waals surface area (Å²) in [4.78, 5) is 3.97. The van der Waals surface area contributed by atoms with Crippen LogP contribution in [0.1, 0.15) is 24.2 Å². The van der Waals surface area contributed by atoms with Crippen molar-refractivity contribution in [3.63, 3.8) is 0 Å². The van der Waals surface area contributed by atoms with Crippen LogP contribution in [0.5, 0.6) is 5.75 Å². The number of halogens is 1. The van der Waals surface area contributed by atoms with Gasteiger partial charge in [-0.25, -0.2) is 17.5 Å². The molecule has 1 aliphatic rings. The van der Waals surface area contributed by atoms with E-state index in [9.17, 15) is 12.8 Å². The zero-order chi connectivity index (χ0) is 15.7. The smallest absolute Gasteiger partial charge is 0.244 e. The average Bonchev–Trinajstić information content (AvgIpc) is 2.95. The Morgan fingerprint density at radius 2 is 2.14 bits per heavy atom. The fraction of sp³-hybridized carbons (Fsp3) is 0.267. The molecule has 0 aliphatic carbocycles. The van der Waals surface area contributed by atoms with Gasteiger partial charge in [-0.2, -0.15) is 0 Å². The third-order valence-corrected chi connectivity index (χ3v) is 5.06. The summed E-state index contributed by atoms with van der Waals surface area (Å²) in [5, 5.41) is 0. The van der Waals surface area contributed by atoms with Crippen molar-refractivity contribution in [2.75, 3.05) is 6.61 Å². The predicted molar refractivity (Wildman–Crippen MR) is 78.6 cm³/mol. The van der Waals surface area contributed by atoms with Crippen molar-refractivity contribution >= 4 is 10.0 Å². The van der Waals surface area contributed by atoms with Crippen molar-refractivity contribution in [1.29, 1.82) is 0 Å². The van der Waals surface area contributed by atoms with E-state index in [0.717, 1.165) is 5.56 Å². The minimum atomic E-state index is -3.83. The van der Waals surface area contributed by atoms with E-state index in [0.29, 0.717) is 18.8 Å². The summed E-state index contributed by atoms with van der Waals surface area (Å²) in [6.45, 7) is 2.01. The van der Waals surface area contributed by atoms with Gasteiger partial charge in [0, 0.05) is 12.6 Å². The molecule has 116 valence electrons. The van der Waals surface area contributed by atoms with Crippen molar-refractivity contribution in [1.82, 2.24) is 9.71 Å². The molecule has 1 aromatic heterocycles. The van der Waals surface area contributed by atoms with Crippen LogP contribution in [0.2, 0.25) is 0 Å². The number of aromatic nitrogens is 1. The number of sulfonamides is 1. The summed E-state index contributed by atoms with van der Waals surface area (Å²) in [6, 6.07) is 6.91. The second-order valence-corrected chi connectivity index (χ2v) is 6.74. The largest absolute Gasteiger partial charge is 0.492 e. The second kappa shape index (κ2) is 5.66. The molecule has 2 aromatic rings. The summed E-state index contributed by atoms with van der Waals surface area (Å²) in [6.07, 6.45) is 2.11. The number of hydrogen-bond acceptors (Lipinski definition) is 4. The number of nitrogens with one attached hydrogen (secondary N) is 1. The normalized spacial score (nSPS) is 15.2. The van der Waals surface area contributed by atoms with Crippen LogP contribution in [0.4, 0.5) is 4.39 Å². The molecule has 7 heteroatoms. The molecule has 22 heavy (non-hydrogen) atoms. The lowest BCUT2D eigenvalue weighted by Gasteiger charge is -2.15. The van der Waals surface area contributed by atoms with Gasteiger partial charge in [0.2, 0.25) is 10.0 Å². The van der Waals surface area contributed by atoms with Crippen molar-refractivity contribution < 1.29 is 17.5 Å². The van der Waals surface area contributed by atoms with Gasteiger partial charge < -0.3 is 4.74 Å². The van der Waals surface area contributed by atoms with Crippen molar-refractivity contribution in [2.45, 2.75) is 24.3 Å². The maximum atomic E-state index is 13.7. The van der Waals surface area contributed by atoms with Gasteiger partial charge in [0.15, 0.2) is 0 Å². The number of nitrogens with zero attached hydrogens (tertiary/aromatic N) is 1. The molecule has 1 aliphatic heterocycles. The highest BCUT2D eigenvalue weighted by molar-refractivity contribution is 7.89. The molecule has 0 unspecified atom stereocenters. The van der Waals surface area contributed by atoms with Crippen LogP contribution in [0, 0.1) is 5.82 Å². The number of hydrogen-bond donors (Lipinski definition) is 1. The highest BCUT2D eigenvalue weighted by atomic mass is 32.2. The van der Waals surface area contributed by atoms with Crippen molar-refractivity contribution in [3.05, 3.63) is 53.6 Å². The highest BCUT2D eigenvalue weighted by Gasteiger charge is 2.27. The van der Waals surface area contributed by atoms with E-state index in [1.807, 2.05) is 6.07 Å². The standard InChI is InChI=1S/C15H15FN2O3S/c1-10(14-12(16)5-3-8-17-14)18-22(19,20)13-6-2-4-11-7-9-21-15(11)13/h2-6,8,10,18H,7,9H2,1H3/t10-/m1/s1. The lowest BCUT2D eigenvalue weighted by atomic mass is 10.2. The summed E-state index contributed by atoms with van der Waals surface area (Å²) in [5.74, 6) is -0.170. The first-order valence-electron chi connectivity index (χ1n) is 6.86. The van der Waals surface area contributed by atoms with Crippen LogP contribution in [-0.2, 0) is 16.4 Å². The summed E-state index contributed by atoms with van der Waals surface area (Å²) in [7, 11) is -3.83. The van der Waals surface area contributed by atoms with E-state index in [-0.39, 0.29) is 10.6 Å². The molecule has 1 atom stereocenters.